The first-order chi connectivity index (χ1) is 20.1. The molecule has 1 aromatic carbocycles. The zero-order valence-electron chi connectivity index (χ0n) is 23.5. The van der Waals surface area contributed by atoms with Gasteiger partial charge in [-0.25, -0.2) is 4.98 Å². The standard InChI is InChI=1S/C29H36ClN7O4/c1-38-24-15-20(30)23(16-25(24)39-2)41-28-17-26(31-18-27-32-21-5-3-4-6-22(21)33-27)34-29(35-28)37-9-7-19(8-10-37)36-11-13-40-14-12-36/h3,5,15-17,19H,4,6-14,18H2,1-2H3,(H,32,33)(H,31,34,35). The Morgan fingerprint density at radius 2 is 1.78 bits per heavy atom. The number of allylic oxidation sites excluding steroid dienone is 1. The maximum Gasteiger partial charge on any atom is 0.230 e. The van der Waals surface area contributed by atoms with Gasteiger partial charge in [0, 0.05) is 56.1 Å². The lowest BCUT2D eigenvalue weighted by molar-refractivity contribution is 0.0114. The molecule has 0 bridgehead atoms. The number of piperidine rings is 1. The molecule has 0 radical (unpaired) electrons. The van der Waals surface area contributed by atoms with Crippen LogP contribution in [0.3, 0.4) is 0 Å². The molecule has 2 aromatic heterocycles. The van der Waals surface area contributed by atoms with E-state index < -0.39 is 0 Å². The quantitative estimate of drug-likeness (QED) is 0.374. The van der Waals surface area contributed by atoms with Crippen LogP contribution in [0.4, 0.5) is 11.8 Å². The van der Waals surface area contributed by atoms with Crippen molar-refractivity contribution in [1.82, 2.24) is 24.8 Å². The number of aromatic amines is 1. The first-order valence-corrected chi connectivity index (χ1v) is 14.5. The van der Waals surface area contributed by atoms with Gasteiger partial charge in [-0.3, -0.25) is 4.90 Å². The number of rotatable bonds is 9. The molecular weight excluding hydrogens is 546 g/mol. The van der Waals surface area contributed by atoms with Gasteiger partial charge in [0.2, 0.25) is 11.8 Å². The second-order valence-electron chi connectivity index (χ2n) is 10.3. The lowest BCUT2D eigenvalue weighted by Gasteiger charge is -2.40. The molecular formula is C29H36ClN7O4. The Bertz CT molecular complexity index is 1380. The van der Waals surface area contributed by atoms with Gasteiger partial charge in [-0.1, -0.05) is 17.7 Å². The van der Waals surface area contributed by atoms with E-state index in [9.17, 15) is 0 Å². The van der Waals surface area contributed by atoms with E-state index in [1.807, 2.05) is 0 Å². The number of aryl methyl sites for hydroxylation is 1. The van der Waals surface area contributed by atoms with Gasteiger partial charge in [-0.15, -0.1) is 0 Å². The summed E-state index contributed by atoms with van der Waals surface area (Å²) in [5, 5.41) is 3.80. The number of nitrogens with one attached hydrogen (secondary N) is 2. The molecule has 0 saturated carbocycles. The molecule has 2 aliphatic heterocycles. The number of methoxy groups -OCH3 is 2. The zero-order chi connectivity index (χ0) is 28.2. The molecule has 3 aromatic rings. The van der Waals surface area contributed by atoms with Gasteiger partial charge >= 0.3 is 0 Å². The minimum Gasteiger partial charge on any atom is -0.493 e. The smallest absolute Gasteiger partial charge is 0.230 e. The van der Waals surface area contributed by atoms with Gasteiger partial charge in [0.05, 0.1) is 44.7 Å². The summed E-state index contributed by atoms with van der Waals surface area (Å²) in [5.41, 5.74) is 2.18. The van der Waals surface area contributed by atoms with Gasteiger partial charge in [0.15, 0.2) is 17.2 Å². The monoisotopic (exact) mass is 581 g/mol. The molecule has 0 spiro atoms. The predicted molar refractivity (Wildman–Crippen MR) is 158 cm³/mol. The number of ether oxygens (including phenoxy) is 4. The van der Waals surface area contributed by atoms with Crippen molar-refractivity contribution < 1.29 is 18.9 Å². The third-order valence-electron chi connectivity index (χ3n) is 7.79. The molecule has 0 atom stereocenters. The molecule has 2 N–H and O–H groups in total. The molecule has 218 valence electrons. The number of H-pyrrole nitrogens is 1. The molecule has 6 rings (SSSR count). The van der Waals surface area contributed by atoms with E-state index in [0.29, 0.717) is 52.5 Å². The highest BCUT2D eigenvalue weighted by atomic mass is 35.5. The van der Waals surface area contributed by atoms with E-state index >= 15 is 0 Å². The molecule has 12 heteroatoms. The van der Waals surface area contributed by atoms with Crippen LogP contribution in [0.5, 0.6) is 23.1 Å². The topological polar surface area (TPSA) is 110 Å². The largest absolute Gasteiger partial charge is 0.493 e. The first kappa shape index (κ1) is 27.6. The average molecular weight is 582 g/mol. The van der Waals surface area contributed by atoms with Crippen LogP contribution >= 0.6 is 11.6 Å². The molecule has 1 aliphatic carbocycles. The van der Waals surface area contributed by atoms with Crippen LogP contribution in [0, 0.1) is 0 Å². The fraction of sp³-hybridized carbons (Fsp3) is 0.483. The summed E-state index contributed by atoms with van der Waals surface area (Å²) < 4.78 is 22.6. The summed E-state index contributed by atoms with van der Waals surface area (Å²) in [6, 6.07) is 5.70. The van der Waals surface area contributed by atoms with Crippen molar-refractivity contribution in [3.05, 3.63) is 46.5 Å². The van der Waals surface area contributed by atoms with E-state index in [4.69, 9.17) is 45.5 Å². The third kappa shape index (κ3) is 6.37. The van der Waals surface area contributed by atoms with Crippen LogP contribution in [-0.4, -0.2) is 84.5 Å². The van der Waals surface area contributed by atoms with Gasteiger partial charge < -0.3 is 34.1 Å². The van der Waals surface area contributed by atoms with Crippen LogP contribution in [0.2, 0.25) is 5.02 Å². The van der Waals surface area contributed by atoms with Crippen molar-refractivity contribution in [2.24, 2.45) is 0 Å². The summed E-state index contributed by atoms with van der Waals surface area (Å²) in [6.45, 7) is 5.83. The highest BCUT2D eigenvalue weighted by Crippen LogP contribution is 2.39. The fourth-order valence-corrected chi connectivity index (χ4v) is 5.78. The van der Waals surface area contributed by atoms with Crippen LogP contribution in [-0.2, 0) is 17.7 Å². The number of halogens is 1. The van der Waals surface area contributed by atoms with E-state index in [-0.39, 0.29) is 0 Å². The Kier molecular flexibility index (Phi) is 8.45. The third-order valence-corrected chi connectivity index (χ3v) is 8.08. The Morgan fingerprint density at radius 3 is 2.54 bits per heavy atom. The van der Waals surface area contributed by atoms with E-state index in [2.05, 4.69) is 32.3 Å². The van der Waals surface area contributed by atoms with Gasteiger partial charge in [-0.2, -0.15) is 9.97 Å². The summed E-state index contributed by atoms with van der Waals surface area (Å²) in [7, 11) is 3.14. The van der Waals surface area contributed by atoms with E-state index in [0.717, 1.165) is 76.6 Å². The minimum atomic E-state index is 0.378. The van der Waals surface area contributed by atoms with Crippen LogP contribution in [0.25, 0.3) is 6.08 Å². The second kappa shape index (κ2) is 12.5. The lowest BCUT2D eigenvalue weighted by atomic mass is 10.0. The SMILES string of the molecule is COc1cc(Cl)c(Oc2cc(NCc3nc4c([nH]3)CCC=C4)nc(N3CCC(N4CCOCC4)CC3)n2)cc1OC. The second-order valence-corrected chi connectivity index (χ2v) is 10.7. The maximum atomic E-state index is 6.53. The lowest BCUT2D eigenvalue weighted by Crippen LogP contribution is -2.49. The summed E-state index contributed by atoms with van der Waals surface area (Å²) in [4.78, 5) is 22.6. The van der Waals surface area contributed by atoms with Crippen molar-refractivity contribution >= 4 is 29.4 Å². The predicted octanol–water partition coefficient (Wildman–Crippen LogP) is 4.54. The van der Waals surface area contributed by atoms with E-state index in [1.54, 1.807) is 32.4 Å². The molecule has 4 heterocycles. The number of imidazole rings is 1. The van der Waals surface area contributed by atoms with Crippen molar-refractivity contribution in [3.8, 4) is 23.1 Å². The highest BCUT2D eigenvalue weighted by Gasteiger charge is 2.27. The number of hydrogen-bond acceptors (Lipinski definition) is 10. The summed E-state index contributed by atoms with van der Waals surface area (Å²) in [6.07, 6.45) is 8.32. The van der Waals surface area contributed by atoms with Crippen molar-refractivity contribution in [2.75, 3.05) is 63.8 Å². The van der Waals surface area contributed by atoms with Crippen LogP contribution < -0.4 is 24.4 Å². The maximum absolute atomic E-state index is 6.53. The normalized spacial score (nSPS) is 17.8. The number of anilines is 2. The van der Waals surface area contributed by atoms with Crippen molar-refractivity contribution in [3.63, 3.8) is 0 Å². The number of morpholine rings is 1. The molecule has 3 aliphatic rings. The highest BCUT2D eigenvalue weighted by molar-refractivity contribution is 6.32. The zero-order valence-corrected chi connectivity index (χ0v) is 24.2. The Labute approximate surface area is 244 Å². The molecule has 11 nitrogen and oxygen atoms in total. The molecule has 2 saturated heterocycles. The van der Waals surface area contributed by atoms with Crippen LogP contribution in [0.15, 0.2) is 24.3 Å². The number of aromatic nitrogens is 4. The average Bonchev–Trinajstić information content (AvgIpc) is 3.44. The van der Waals surface area contributed by atoms with E-state index in [1.165, 1.54) is 5.69 Å². The summed E-state index contributed by atoms with van der Waals surface area (Å²) in [5.74, 6) is 3.94. The Hall–Kier alpha value is -3.54. The van der Waals surface area contributed by atoms with Gasteiger partial charge in [0.1, 0.15) is 11.6 Å². The first-order valence-electron chi connectivity index (χ1n) is 14.1. The Morgan fingerprint density at radius 1 is 1.00 bits per heavy atom. The minimum absolute atomic E-state index is 0.378. The molecule has 0 unspecified atom stereocenters. The van der Waals surface area contributed by atoms with Crippen molar-refractivity contribution in [1.29, 1.82) is 0 Å². The van der Waals surface area contributed by atoms with Crippen molar-refractivity contribution in [2.45, 2.75) is 38.3 Å². The number of benzene rings is 1. The van der Waals surface area contributed by atoms with Gasteiger partial charge in [0.25, 0.3) is 0 Å². The van der Waals surface area contributed by atoms with Crippen LogP contribution in [0.1, 0.15) is 36.5 Å². The Balaban J connectivity index is 1.23. The molecule has 2 fully saturated rings. The number of nitrogens with zero attached hydrogens (tertiary/aromatic N) is 5. The number of fused-ring (bicyclic) bond motifs is 1. The molecule has 0 amide bonds. The molecule has 41 heavy (non-hydrogen) atoms. The number of hydrogen-bond donors (Lipinski definition) is 2. The van der Waals surface area contributed by atoms with Gasteiger partial charge in [-0.05, 0) is 31.8 Å². The fourth-order valence-electron chi connectivity index (χ4n) is 5.59. The summed E-state index contributed by atoms with van der Waals surface area (Å²) >= 11 is 6.53.